The largest absolute Gasteiger partial charge is 0.477 e. The molecule has 0 saturated carbocycles. The average molecular weight is 225 g/mol. The molecule has 0 radical (unpaired) electrons. The van der Waals surface area contributed by atoms with Crippen molar-refractivity contribution in [1.82, 2.24) is 0 Å². The van der Waals surface area contributed by atoms with E-state index in [4.69, 9.17) is 10.3 Å². The first-order valence-electron chi connectivity index (χ1n) is 4.27. The van der Waals surface area contributed by atoms with E-state index in [1.165, 1.54) is 11.8 Å². The van der Waals surface area contributed by atoms with Gasteiger partial charge in [-0.1, -0.05) is 22.9 Å². The van der Waals surface area contributed by atoms with Crippen LogP contribution in [-0.4, -0.2) is 27.7 Å². The van der Waals surface area contributed by atoms with Crippen LogP contribution in [0.3, 0.4) is 0 Å². The number of carboxylic acids is 1. The summed E-state index contributed by atoms with van der Waals surface area (Å²) in [6, 6.07) is 7.69. The molecule has 0 saturated heterocycles. The molecule has 1 rings (SSSR count). The third-order valence-corrected chi connectivity index (χ3v) is 2.79. The number of oxime groups is 1. The standard InChI is InChI=1S/C10H11NO3S/c1-7-2-4-8(5-3-7)15-6-9(11-14)10(12)13/h2-5,14H,6H2,1H3,(H,12,13)/b11-9-. The van der Waals surface area contributed by atoms with Crippen molar-refractivity contribution in [2.24, 2.45) is 5.16 Å². The van der Waals surface area contributed by atoms with E-state index in [2.05, 4.69) is 5.16 Å². The fraction of sp³-hybridized carbons (Fsp3) is 0.200. The van der Waals surface area contributed by atoms with Crippen LogP contribution in [0.15, 0.2) is 34.3 Å². The van der Waals surface area contributed by atoms with E-state index in [9.17, 15) is 4.79 Å². The molecule has 4 nitrogen and oxygen atoms in total. The number of nitrogens with zero attached hydrogens (tertiary/aromatic N) is 1. The van der Waals surface area contributed by atoms with Gasteiger partial charge in [0, 0.05) is 4.90 Å². The monoisotopic (exact) mass is 225 g/mol. The summed E-state index contributed by atoms with van der Waals surface area (Å²) in [7, 11) is 0. The van der Waals surface area contributed by atoms with Gasteiger partial charge in [-0.15, -0.1) is 11.8 Å². The van der Waals surface area contributed by atoms with Crippen molar-refractivity contribution in [2.75, 3.05) is 5.75 Å². The molecule has 0 spiro atoms. The second-order valence-electron chi connectivity index (χ2n) is 2.95. The lowest BCUT2D eigenvalue weighted by Gasteiger charge is -2.00. The van der Waals surface area contributed by atoms with Crippen molar-refractivity contribution in [2.45, 2.75) is 11.8 Å². The number of rotatable bonds is 4. The number of aryl methyl sites for hydroxylation is 1. The van der Waals surface area contributed by atoms with E-state index in [-0.39, 0.29) is 11.5 Å². The van der Waals surface area contributed by atoms with E-state index in [0.717, 1.165) is 10.5 Å². The molecule has 0 fully saturated rings. The maximum absolute atomic E-state index is 10.5. The maximum atomic E-state index is 10.5. The number of carbonyl (C=O) groups is 1. The van der Waals surface area contributed by atoms with Crippen LogP contribution in [0.1, 0.15) is 5.56 Å². The average Bonchev–Trinajstić information content (AvgIpc) is 2.21. The van der Waals surface area contributed by atoms with Gasteiger partial charge in [0.25, 0.3) is 0 Å². The Morgan fingerprint density at radius 1 is 1.40 bits per heavy atom. The first kappa shape index (κ1) is 11.6. The van der Waals surface area contributed by atoms with E-state index < -0.39 is 5.97 Å². The quantitative estimate of drug-likeness (QED) is 0.356. The van der Waals surface area contributed by atoms with Crippen LogP contribution in [-0.2, 0) is 4.79 Å². The predicted octanol–water partition coefficient (Wildman–Crippen LogP) is 2.00. The van der Waals surface area contributed by atoms with Gasteiger partial charge in [0.2, 0.25) is 0 Å². The number of benzene rings is 1. The normalized spacial score (nSPS) is 11.4. The summed E-state index contributed by atoms with van der Waals surface area (Å²) in [6.07, 6.45) is 0. The number of hydrogen-bond acceptors (Lipinski definition) is 4. The van der Waals surface area contributed by atoms with Gasteiger partial charge in [0.05, 0.1) is 5.75 Å². The molecule has 0 aliphatic heterocycles. The SMILES string of the molecule is Cc1ccc(SC/C(=N/O)C(=O)O)cc1. The molecule has 80 valence electrons. The lowest BCUT2D eigenvalue weighted by atomic mass is 10.2. The summed E-state index contributed by atoms with van der Waals surface area (Å²) >= 11 is 1.32. The van der Waals surface area contributed by atoms with Gasteiger partial charge in [-0.2, -0.15) is 0 Å². The Bertz CT molecular complexity index is 373. The van der Waals surface area contributed by atoms with Crippen LogP contribution >= 0.6 is 11.8 Å². The molecule has 0 aromatic heterocycles. The molecule has 0 amide bonds. The van der Waals surface area contributed by atoms with Crippen LogP contribution in [0.4, 0.5) is 0 Å². The van der Waals surface area contributed by atoms with Gasteiger partial charge in [0.15, 0.2) is 5.71 Å². The highest BCUT2D eigenvalue weighted by atomic mass is 32.2. The number of aliphatic carboxylic acids is 1. The Morgan fingerprint density at radius 3 is 2.47 bits per heavy atom. The predicted molar refractivity (Wildman–Crippen MR) is 58.8 cm³/mol. The molecule has 5 heteroatoms. The minimum absolute atomic E-state index is 0.148. The summed E-state index contributed by atoms with van der Waals surface area (Å²) in [6.45, 7) is 1.98. The first-order valence-corrected chi connectivity index (χ1v) is 5.25. The molecule has 0 aliphatic rings. The zero-order chi connectivity index (χ0) is 11.3. The molecule has 1 aromatic rings. The zero-order valence-corrected chi connectivity index (χ0v) is 8.99. The van der Waals surface area contributed by atoms with Crippen molar-refractivity contribution in [3.8, 4) is 0 Å². The van der Waals surface area contributed by atoms with E-state index in [1.54, 1.807) is 0 Å². The third-order valence-electron chi connectivity index (χ3n) is 1.76. The Hall–Kier alpha value is -1.49. The smallest absolute Gasteiger partial charge is 0.354 e. The van der Waals surface area contributed by atoms with E-state index in [1.807, 2.05) is 31.2 Å². The molecule has 0 unspecified atom stereocenters. The number of hydrogen-bond donors (Lipinski definition) is 2. The lowest BCUT2D eigenvalue weighted by Crippen LogP contribution is -2.15. The molecule has 15 heavy (non-hydrogen) atoms. The lowest BCUT2D eigenvalue weighted by molar-refractivity contribution is -0.129. The fourth-order valence-electron chi connectivity index (χ4n) is 0.920. The van der Waals surface area contributed by atoms with Crippen molar-refractivity contribution in [3.05, 3.63) is 29.8 Å². The minimum atomic E-state index is -1.20. The molecule has 0 atom stereocenters. The van der Waals surface area contributed by atoms with Crippen molar-refractivity contribution in [1.29, 1.82) is 0 Å². The molecular weight excluding hydrogens is 214 g/mol. The Labute approximate surface area is 91.6 Å². The van der Waals surface area contributed by atoms with Crippen molar-refractivity contribution >= 4 is 23.4 Å². The van der Waals surface area contributed by atoms with Gasteiger partial charge < -0.3 is 10.3 Å². The van der Waals surface area contributed by atoms with Gasteiger partial charge in [0.1, 0.15) is 0 Å². The van der Waals surface area contributed by atoms with Crippen molar-refractivity contribution in [3.63, 3.8) is 0 Å². The summed E-state index contributed by atoms with van der Waals surface area (Å²) < 4.78 is 0. The Kier molecular flexibility index (Phi) is 4.17. The van der Waals surface area contributed by atoms with Crippen LogP contribution in [0.25, 0.3) is 0 Å². The number of carboxylic acid groups (broad SMARTS) is 1. The zero-order valence-electron chi connectivity index (χ0n) is 8.17. The molecule has 0 aliphatic carbocycles. The molecule has 0 heterocycles. The highest BCUT2D eigenvalue weighted by Crippen LogP contribution is 2.18. The summed E-state index contributed by atoms with van der Waals surface area (Å²) in [5.74, 6) is -1.05. The summed E-state index contributed by atoms with van der Waals surface area (Å²) in [5.41, 5.74) is 0.897. The maximum Gasteiger partial charge on any atom is 0.354 e. The Morgan fingerprint density at radius 2 is 2.00 bits per heavy atom. The van der Waals surface area contributed by atoms with Gasteiger partial charge in [-0.05, 0) is 19.1 Å². The molecular formula is C10H11NO3S. The Balaban J connectivity index is 2.57. The summed E-state index contributed by atoms with van der Waals surface area (Å²) in [4.78, 5) is 11.4. The van der Waals surface area contributed by atoms with Crippen LogP contribution < -0.4 is 0 Å². The van der Waals surface area contributed by atoms with E-state index in [0.29, 0.717) is 0 Å². The second kappa shape index (κ2) is 5.41. The fourth-order valence-corrected chi connectivity index (χ4v) is 1.73. The highest BCUT2D eigenvalue weighted by Gasteiger charge is 2.10. The van der Waals surface area contributed by atoms with E-state index >= 15 is 0 Å². The highest BCUT2D eigenvalue weighted by molar-refractivity contribution is 8.00. The molecule has 2 N–H and O–H groups in total. The van der Waals surface area contributed by atoms with Gasteiger partial charge in [-0.3, -0.25) is 0 Å². The molecule has 1 aromatic carbocycles. The van der Waals surface area contributed by atoms with Crippen LogP contribution in [0.2, 0.25) is 0 Å². The van der Waals surface area contributed by atoms with Crippen molar-refractivity contribution < 1.29 is 15.1 Å². The summed E-state index contributed by atoms with van der Waals surface area (Å²) in [5, 5.41) is 19.7. The van der Waals surface area contributed by atoms with Gasteiger partial charge in [-0.25, -0.2) is 4.79 Å². The van der Waals surface area contributed by atoms with Crippen LogP contribution in [0.5, 0.6) is 0 Å². The third kappa shape index (κ3) is 3.63. The minimum Gasteiger partial charge on any atom is -0.477 e. The van der Waals surface area contributed by atoms with Gasteiger partial charge >= 0.3 is 5.97 Å². The molecule has 0 bridgehead atoms. The van der Waals surface area contributed by atoms with Crippen LogP contribution in [0, 0.1) is 6.92 Å². The topological polar surface area (TPSA) is 69.9 Å². The first-order chi connectivity index (χ1) is 7.13. The number of thioether (sulfide) groups is 1. The second-order valence-corrected chi connectivity index (χ2v) is 4.00.